The number of hydrogen-bond donors (Lipinski definition) is 1. The number of unbranched alkanes of at least 4 members (excludes halogenated alkanes) is 12. The van der Waals surface area contributed by atoms with Gasteiger partial charge < -0.3 is 0 Å². The molecule has 0 aliphatic heterocycles. The minimum atomic E-state index is -0.392. The molecule has 5 heteroatoms. The summed E-state index contributed by atoms with van der Waals surface area (Å²) in [6.45, 7) is 3.54. The fraction of sp³-hybridized carbons (Fsp3) is 0.850. The summed E-state index contributed by atoms with van der Waals surface area (Å²) >= 11 is 1.01. The van der Waals surface area contributed by atoms with Gasteiger partial charge in [0.1, 0.15) is 0 Å². The first-order valence-corrected chi connectivity index (χ1v) is 11.0. The third-order valence-electron chi connectivity index (χ3n) is 4.16. The second-order valence-corrected chi connectivity index (χ2v) is 7.79. The maximum absolute atomic E-state index is 11.6. The van der Waals surface area contributed by atoms with Crippen molar-refractivity contribution in [3.05, 3.63) is 0 Å². The summed E-state index contributed by atoms with van der Waals surface area (Å²) in [5.41, 5.74) is 0. The van der Waals surface area contributed by atoms with Crippen LogP contribution in [0.1, 0.15) is 104 Å². The predicted molar refractivity (Wildman–Crippen MR) is 107 cm³/mol. The number of amides is 2. The second-order valence-electron chi connectivity index (χ2n) is 6.76. The van der Waals surface area contributed by atoms with Gasteiger partial charge in [0, 0.05) is 13.3 Å². The third kappa shape index (κ3) is 19.3. The van der Waals surface area contributed by atoms with E-state index < -0.39 is 5.91 Å². The Balaban J connectivity index is 3.26. The molecule has 0 unspecified atom stereocenters. The molecule has 0 saturated heterocycles. The van der Waals surface area contributed by atoms with E-state index in [0.717, 1.165) is 24.6 Å². The van der Waals surface area contributed by atoms with Gasteiger partial charge in [-0.15, -0.1) is 0 Å². The van der Waals surface area contributed by atoms with E-state index in [0.29, 0.717) is 6.42 Å². The molecule has 0 heterocycles. The van der Waals surface area contributed by atoms with Crippen LogP contribution in [0, 0.1) is 0 Å². The van der Waals surface area contributed by atoms with Gasteiger partial charge in [-0.2, -0.15) is 0 Å². The maximum atomic E-state index is 11.6. The van der Waals surface area contributed by atoms with Crippen LogP contribution in [0.5, 0.6) is 0 Å². The molecule has 0 aliphatic carbocycles. The first-order valence-electron chi connectivity index (χ1n) is 10.0. The summed E-state index contributed by atoms with van der Waals surface area (Å²) in [5.74, 6) is -0.734. The van der Waals surface area contributed by atoms with Crippen molar-refractivity contribution in [1.29, 1.82) is 0 Å². The van der Waals surface area contributed by atoms with Gasteiger partial charge in [0.15, 0.2) is 5.12 Å². The van der Waals surface area contributed by atoms with E-state index in [1.165, 1.54) is 77.6 Å². The molecule has 0 aromatic rings. The predicted octanol–water partition coefficient (Wildman–Crippen LogP) is 5.39. The number of carbonyl (C=O) groups excluding carboxylic acids is 3. The van der Waals surface area contributed by atoms with Crippen LogP contribution in [0.4, 0.5) is 0 Å². The largest absolute Gasteiger partial charge is 0.296 e. The lowest BCUT2D eigenvalue weighted by atomic mass is 10.0. The highest BCUT2D eigenvalue weighted by molar-refractivity contribution is 8.14. The summed E-state index contributed by atoms with van der Waals surface area (Å²) in [6, 6.07) is 0. The Bertz CT molecular complexity index is 372. The number of carbonyl (C=O) groups is 3. The Labute approximate surface area is 158 Å². The summed E-state index contributed by atoms with van der Waals surface area (Å²) in [5, 5.41) is 2.21. The summed E-state index contributed by atoms with van der Waals surface area (Å²) < 4.78 is 0. The molecule has 146 valence electrons. The first-order chi connectivity index (χ1) is 12.1. The van der Waals surface area contributed by atoms with Crippen LogP contribution in [0.25, 0.3) is 0 Å². The topological polar surface area (TPSA) is 63.2 Å². The molecule has 0 saturated carbocycles. The molecule has 0 aliphatic rings. The molecule has 0 atom stereocenters. The van der Waals surface area contributed by atoms with E-state index in [4.69, 9.17) is 0 Å². The molecule has 0 aromatic carbocycles. The minimum absolute atomic E-state index is 0.0385. The lowest BCUT2D eigenvalue weighted by molar-refractivity contribution is -0.127. The van der Waals surface area contributed by atoms with Gasteiger partial charge >= 0.3 is 0 Å². The average molecular weight is 372 g/mol. The zero-order valence-electron chi connectivity index (χ0n) is 16.2. The van der Waals surface area contributed by atoms with Crippen LogP contribution in [0.15, 0.2) is 0 Å². The van der Waals surface area contributed by atoms with E-state index in [2.05, 4.69) is 12.2 Å². The Morgan fingerprint density at radius 1 is 0.720 bits per heavy atom. The van der Waals surface area contributed by atoms with Crippen LogP contribution < -0.4 is 5.32 Å². The molecule has 25 heavy (non-hydrogen) atoms. The molecule has 0 spiro atoms. The van der Waals surface area contributed by atoms with Crippen molar-refractivity contribution in [2.45, 2.75) is 104 Å². The molecule has 2 amide bonds. The fourth-order valence-electron chi connectivity index (χ4n) is 2.74. The van der Waals surface area contributed by atoms with Crippen molar-refractivity contribution in [2.24, 2.45) is 0 Å². The van der Waals surface area contributed by atoms with Crippen molar-refractivity contribution in [1.82, 2.24) is 5.32 Å². The van der Waals surface area contributed by atoms with Gasteiger partial charge in [-0.25, -0.2) is 0 Å². The van der Waals surface area contributed by atoms with Crippen LogP contribution >= 0.6 is 11.8 Å². The summed E-state index contributed by atoms with van der Waals surface area (Å²) in [7, 11) is 0. The second kappa shape index (κ2) is 18.0. The zero-order chi connectivity index (χ0) is 18.8. The van der Waals surface area contributed by atoms with Crippen molar-refractivity contribution in [3.63, 3.8) is 0 Å². The number of rotatable bonds is 16. The van der Waals surface area contributed by atoms with E-state index in [-0.39, 0.29) is 16.8 Å². The van der Waals surface area contributed by atoms with Gasteiger partial charge in [0.25, 0.3) is 0 Å². The molecule has 1 N–H and O–H groups in total. The van der Waals surface area contributed by atoms with Crippen molar-refractivity contribution in [3.8, 4) is 0 Å². The smallest absolute Gasteiger partial charge is 0.237 e. The van der Waals surface area contributed by atoms with Crippen LogP contribution in [0.2, 0.25) is 0 Å². The van der Waals surface area contributed by atoms with E-state index >= 15 is 0 Å². The Hall–Kier alpha value is -0.840. The SMILES string of the molecule is CCCCCCCCCCCCCCCC(=O)SCC(=O)NC(C)=O. The molecule has 4 nitrogen and oxygen atoms in total. The first kappa shape index (κ1) is 24.2. The summed E-state index contributed by atoms with van der Waals surface area (Å²) in [4.78, 5) is 33.6. The van der Waals surface area contributed by atoms with Gasteiger partial charge in [0.2, 0.25) is 11.8 Å². The molecule has 0 aromatic heterocycles. The third-order valence-corrected chi connectivity index (χ3v) is 5.10. The molecule has 0 rings (SSSR count). The standard InChI is InChI=1S/C20H37NO3S/c1-3-4-5-6-7-8-9-10-11-12-13-14-15-16-20(24)25-17-19(23)21-18(2)22/h3-17H2,1-2H3,(H,21,22,23). The summed E-state index contributed by atoms with van der Waals surface area (Å²) in [6.07, 6.45) is 17.3. The van der Waals surface area contributed by atoms with Crippen molar-refractivity contribution >= 4 is 28.7 Å². The Morgan fingerprint density at radius 2 is 1.16 bits per heavy atom. The number of nitrogens with one attached hydrogen (secondary N) is 1. The van der Waals surface area contributed by atoms with Crippen molar-refractivity contribution < 1.29 is 14.4 Å². The number of imide groups is 1. The maximum Gasteiger partial charge on any atom is 0.237 e. The van der Waals surface area contributed by atoms with Crippen LogP contribution in [-0.2, 0) is 14.4 Å². The van der Waals surface area contributed by atoms with Gasteiger partial charge in [-0.3, -0.25) is 19.7 Å². The number of hydrogen-bond acceptors (Lipinski definition) is 4. The Kier molecular flexibility index (Phi) is 17.4. The lowest BCUT2D eigenvalue weighted by Crippen LogP contribution is -2.29. The number of thioether (sulfide) groups is 1. The van der Waals surface area contributed by atoms with Crippen molar-refractivity contribution in [2.75, 3.05) is 5.75 Å². The minimum Gasteiger partial charge on any atom is -0.296 e. The van der Waals surface area contributed by atoms with Gasteiger partial charge in [-0.1, -0.05) is 95.7 Å². The fourth-order valence-corrected chi connectivity index (χ4v) is 3.39. The lowest BCUT2D eigenvalue weighted by Gasteiger charge is -2.03. The highest BCUT2D eigenvalue weighted by Gasteiger charge is 2.08. The molecule has 0 radical (unpaired) electrons. The average Bonchev–Trinajstić information content (AvgIpc) is 2.56. The highest BCUT2D eigenvalue weighted by atomic mass is 32.2. The quantitative estimate of drug-likeness (QED) is 0.369. The van der Waals surface area contributed by atoms with E-state index in [1.807, 2.05) is 0 Å². The van der Waals surface area contributed by atoms with Gasteiger partial charge in [0.05, 0.1) is 5.75 Å². The molecular weight excluding hydrogens is 334 g/mol. The monoisotopic (exact) mass is 371 g/mol. The molecule has 0 bridgehead atoms. The van der Waals surface area contributed by atoms with Crippen LogP contribution in [0.3, 0.4) is 0 Å². The molecular formula is C20H37NO3S. The Morgan fingerprint density at radius 3 is 1.60 bits per heavy atom. The zero-order valence-corrected chi connectivity index (χ0v) is 17.1. The van der Waals surface area contributed by atoms with E-state index in [1.54, 1.807) is 0 Å². The molecule has 0 fully saturated rings. The highest BCUT2D eigenvalue weighted by Crippen LogP contribution is 2.14. The van der Waals surface area contributed by atoms with Crippen LogP contribution in [-0.4, -0.2) is 22.7 Å². The van der Waals surface area contributed by atoms with E-state index in [9.17, 15) is 14.4 Å². The van der Waals surface area contributed by atoms with Gasteiger partial charge in [-0.05, 0) is 6.42 Å². The normalized spacial score (nSPS) is 10.6.